The van der Waals surface area contributed by atoms with Crippen molar-refractivity contribution in [2.75, 3.05) is 25.5 Å². The first-order valence-corrected chi connectivity index (χ1v) is 5.89. The van der Waals surface area contributed by atoms with E-state index in [2.05, 4.69) is 11.6 Å². The second kappa shape index (κ2) is 11.8. The average molecular weight is 251 g/mol. The number of halogens is 2. The highest BCUT2D eigenvalue weighted by molar-refractivity contribution is 6.18. The first-order chi connectivity index (χ1) is 7.43. The van der Waals surface area contributed by atoms with E-state index < -0.39 is 0 Å². The standard InChI is InChI=1S/C6H6.C4H7ClO2.CH3Cl/c1-2-4-6-5-3-1;5-3-4-6-1-2-7-4;1-2/h1-6H;4H,1-3H2;1H3. The van der Waals surface area contributed by atoms with Crippen LogP contribution in [0.2, 0.25) is 0 Å². The lowest BCUT2D eigenvalue weighted by molar-refractivity contribution is -0.0225. The van der Waals surface area contributed by atoms with Crippen molar-refractivity contribution in [3.05, 3.63) is 36.4 Å². The molecule has 1 aliphatic heterocycles. The summed E-state index contributed by atoms with van der Waals surface area (Å²) in [6, 6.07) is 12.0. The lowest BCUT2D eigenvalue weighted by Gasteiger charge is -1.99. The third kappa shape index (κ3) is 8.70. The van der Waals surface area contributed by atoms with E-state index in [4.69, 9.17) is 21.1 Å². The van der Waals surface area contributed by atoms with Gasteiger partial charge in [-0.15, -0.1) is 23.2 Å². The zero-order valence-electron chi connectivity index (χ0n) is 8.74. The number of rotatable bonds is 1. The maximum absolute atomic E-state index is 5.36. The summed E-state index contributed by atoms with van der Waals surface area (Å²) in [5, 5.41) is 0. The highest BCUT2D eigenvalue weighted by atomic mass is 35.5. The molecule has 0 N–H and O–H groups in total. The van der Waals surface area contributed by atoms with Crippen molar-refractivity contribution in [2.24, 2.45) is 0 Å². The Bertz CT molecular complexity index is 174. The number of benzene rings is 1. The van der Waals surface area contributed by atoms with Crippen molar-refractivity contribution in [1.82, 2.24) is 0 Å². The Morgan fingerprint density at radius 1 is 0.933 bits per heavy atom. The predicted octanol–water partition coefficient (Wildman–Crippen LogP) is 3.14. The molecule has 2 nitrogen and oxygen atoms in total. The zero-order chi connectivity index (χ0) is 11.4. The Morgan fingerprint density at radius 3 is 1.47 bits per heavy atom. The molecule has 1 fully saturated rings. The third-order valence-corrected chi connectivity index (χ3v) is 1.74. The zero-order valence-corrected chi connectivity index (χ0v) is 10.2. The van der Waals surface area contributed by atoms with Crippen LogP contribution in [0, 0.1) is 0 Å². The van der Waals surface area contributed by atoms with Crippen molar-refractivity contribution in [2.45, 2.75) is 6.29 Å². The van der Waals surface area contributed by atoms with Gasteiger partial charge in [-0.2, -0.15) is 0 Å². The van der Waals surface area contributed by atoms with Crippen molar-refractivity contribution >= 4 is 23.2 Å². The fourth-order valence-corrected chi connectivity index (χ4v) is 1.06. The van der Waals surface area contributed by atoms with E-state index in [9.17, 15) is 0 Å². The van der Waals surface area contributed by atoms with E-state index >= 15 is 0 Å². The highest BCUT2D eigenvalue weighted by Crippen LogP contribution is 2.03. The van der Waals surface area contributed by atoms with Gasteiger partial charge in [-0.05, 0) is 0 Å². The second-order valence-electron chi connectivity index (χ2n) is 2.48. The first kappa shape index (κ1) is 14.7. The van der Waals surface area contributed by atoms with E-state index in [1.165, 1.54) is 6.38 Å². The van der Waals surface area contributed by atoms with E-state index in [0.717, 1.165) is 0 Å². The molecule has 1 heterocycles. The SMILES string of the molecule is CCl.ClCC1OCCO1.c1ccccc1. The van der Waals surface area contributed by atoms with Crippen molar-refractivity contribution in [3.8, 4) is 0 Å². The summed E-state index contributed by atoms with van der Waals surface area (Å²) in [5.74, 6) is 0.444. The summed E-state index contributed by atoms with van der Waals surface area (Å²) in [6.45, 7) is 1.38. The van der Waals surface area contributed by atoms with Gasteiger partial charge in [0, 0.05) is 6.38 Å². The molecule has 86 valence electrons. The number of ether oxygens (including phenoxy) is 2. The van der Waals surface area contributed by atoms with Crippen molar-refractivity contribution < 1.29 is 9.47 Å². The summed E-state index contributed by atoms with van der Waals surface area (Å²) in [4.78, 5) is 0. The van der Waals surface area contributed by atoms with Crippen LogP contribution in [0.15, 0.2) is 36.4 Å². The molecule has 0 bridgehead atoms. The Morgan fingerprint density at radius 2 is 1.27 bits per heavy atom. The smallest absolute Gasteiger partial charge is 0.171 e. The molecular weight excluding hydrogens is 235 g/mol. The van der Waals surface area contributed by atoms with Gasteiger partial charge in [0.1, 0.15) is 0 Å². The summed E-state index contributed by atoms with van der Waals surface area (Å²) in [7, 11) is 0. The van der Waals surface area contributed by atoms with Crippen LogP contribution in [0.3, 0.4) is 0 Å². The quantitative estimate of drug-likeness (QED) is 0.714. The molecule has 0 amide bonds. The topological polar surface area (TPSA) is 18.5 Å². The lowest BCUT2D eigenvalue weighted by atomic mass is 10.4. The third-order valence-electron chi connectivity index (χ3n) is 1.48. The minimum absolute atomic E-state index is 0.137. The Hall–Kier alpha value is -0.280. The van der Waals surface area contributed by atoms with Crippen molar-refractivity contribution in [1.29, 1.82) is 0 Å². The fourth-order valence-electron chi connectivity index (χ4n) is 0.881. The Labute approximate surface area is 101 Å². The highest BCUT2D eigenvalue weighted by Gasteiger charge is 2.12. The molecule has 0 aromatic heterocycles. The molecular formula is C11H16Cl2O2. The van der Waals surface area contributed by atoms with Crippen LogP contribution in [0.5, 0.6) is 0 Å². The molecule has 4 heteroatoms. The van der Waals surface area contributed by atoms with Crippen LogP contribution in [0.1, 0.15) is 0 Å². The van der Waals surface area contributed by atoms with Crippen LogP contribution in [-0.4, -0.2) is 31.8 Å². The fraction of sp³-hybridized carbons (Fsp3) is 0.455. The van der Waals surface area contributed by atoms with Gasteiger partial charge < -0.3 is 9.47 Å². The average Bonchev–Trinajstić information content (AvgIpc) is 2.88. The van der Waals surface area contributed by atoms with Gasteiger partial charge in [-0.3, -0.25) is 0 Å². The molecule has 0 atom stereocenters. The van der Waals surface area contributed by atoms with E-state index in [0.29, 0.717) is 19.1 Å². The van der Waals surface area contributed by atoms with Crippen LogP contribution in [-0.2, 0) is 9.47 Å². The van der Waals surface area contributed by atoms with E-state index in [1.54, 1.807) is 0 Å². The lowest BCUT2D eigenvalue weighted by Crippen LogP contribution is -2.07. The van der Waals surface area contributed by atoms with Gasteiger partial charge >= 0.3 is 0 Å². The molecule has 15 heavy (non-hydrogen) atoms. The van der Waals surface area contributed by atoms with Gasteiger partial charge in [0.15, 0.2) is 6.29 Å². The molecule has 1 aromatic rings. The molecule has 0 aliphatic carbocycles. The minimum atomic E-state index is -0.137. The molecule has 1 aliphatic rings. The first-order valence-electron chi connectivity index (χ1n) is 4.60. The Kier molecular flexibility index (Phi) is 11.6. The number of hydrogen-bond donors (Lipinski definition) is 0. The molecule has 0 spiro atoms. The monoisotopic (exact) mass is 250 g/mol. The normalized spacial score (nSPS) is 14.6. The van der Waals surface area contributed by atoms with Crippen molar-refractivity contribution in [3.63, 3.8) is 0 Å². The van der Waals surface area contributed by atoms with Crippen LogP contribution in [0.25, 0.3) is 0 Å². The number of hydrogen-bond acceptors (Lipinski definition) is 2. The minimum Gasteiger partial charge on any atom is -0.349 e. The largest absolute Gasteiger partial charge is 0.349 e. The molecule has 1 aromatic carbocycles. The molecule has 0 unspecified atom stereocenters. The van der Waals surface area contributed by atoms with Gasteiger partial charge in [-0.1, -0.05) is 36.4 Å². The second-order valence-corrected chi connectivity index (χ2v) is 2.79. The van der Waals surface area contributed by atoms with Gasteiger partial charge in [-0.25, -0.2) is 0 Å². The Balaban J connectivity index is 0.000000227. The van der Waals surface area contributed by atoms with Gasteiger partial charge in [0.05, 0.1) is 19.1 Å². The molecule has 0 saturated carbocycles. The predicted molar refractivity (Wildman–Crippen MR) is 64.6 cm³/mol. The van der Waals surface area contributed by atoms with Crippen LogP contribution < -0.4 is 0 Å². The van der Waals surface area contributed by atoms with Crippen LogP contribution >= 0.6 is 23.2 Å². The maximum Gasteiger partial charge on any atom is 0.171 e. The number of alkyl halides is 2. The van der Waals surface area contributed by atoms with Crippen LogP contribution in [0.4, 0.5) is 0 Å². The summed E-state index contributed by atoms with van der Waals surface area (Å²) < 4.78 is 9.90. The molecule has 1 saturated heterocycles. The van der Waals surface area contributed by atoms with E-state index in [-0.39, 0.29) is 6.29 Å². The van der Waals surface area contributed by atoms with E-state index in [1.807, 2.05) is 36.4 Å². The molecule has 2 rings (SSSR count). The maximum atomic E-state index is 5.36. The summed E-state index contributed by atoms with van der Waals surface area (Å²) in [5.41, 5.74) is 0. The van der Waals surface area contributed by atoms with Gasteiger partial charge in [0.25, 0.3) is 0 Å². The molecule has 0 radical (unpaired) electrons. The summed E-state index contributed by atoms with van der Waals surface area (Å²) >= 11 is 10.00. The van der Waals surface area contributed by atoms with Gasteiger partial charge in [0.2, 0.25) is 0 Å². The summed E-state index contributed by atoms with van der Waals surface area (Å²) in [6.07, 6.45) is 1.33.